The zero-order valence-corrected chi connectivity index (χ0v) is 11.0. The molecule has 0 bridgehead atoms. The van der Waals surface area contributed by atoms with Crippen molar-refractivity contribution in [3.63, 3.8) is 0 Å². The van der Waals surface area contributed by atoms with Gasteiger partial charge in [0.05, 0.1) is 10.6 Å². The van der Waals surface area contributed by atoms with E-state index < -0.39 is 40.7 Å². The van der Waals surface area contributed by atoms with Gasteiger partial charge in [0.2, 0.25) is 0 Å². The number of benzene rings is 1. The second kappa shape index (κ2) is 6.12. The van der Waals surface area contributed by atoms with Gasteiger partial charge in [-0.1, -0.05) is 5.21 Å². The van der Waals surface area contributed by atoms with Crippen molar-refractivity contribution in [2.45, 2.75) is 17.2 Å². The predicted octanol–water partition coefficient (Wildman–Crippen LogP) is 2.21. The number of thioether (sulfide) groups is 1. The van der Waals surface area contributed by atoms with Gasteiger partial charge in [-0.25, -0.2) is 22.2 Å². The van der Waals surface area contributed by atoms with Crippen LogP contribution in [0, 0.1) is 23.3 Å². The van der Waals surface area contributed by atoms with E-state index in [1.807, 2.05) is 0 Å². The Labute approximate surface area is 119 Å². The molecule has 0 unspecified atom stereocenters. The van der Waals surface area contributed by atoms with Crippen molar-refractivity contribution >= 4 is 17.7 Å². The molecule has 112 valence electrons. The third kappa shape index (κ3) is 3.51. The Balaban J connectivity index is 2.13. The lowest BCUT2D eigenvalue weighted by Gasteiger charge is -2.05. The molecule has 2 rings (SSSR count). The number of aromatic nitrogens is 3. The number of carboxylic acids is 1. The summed E-state index contributed by atoms with van der Waals surface area (Å²) in [4.78, 5) is 9.64. The maximum Gasteiger partial charge on any atom is 0.325 e. The van der Waals surface area contributed by atoms with Crippen molar-refractivity contribution in [2.24, 2.45) is 0 Å². The van der Waals surface area contributed by atoms with Crippen molar-refractivity contribution in [3.05, 3.63) is 41.2 Å². The molecule has 2 aromatic rings. The number of carboxylic acid groups (broad SMARTS) is 1. The minimum absolute atomic E-state index is 0.123. The first-order chi connectivity index (χ1) is 9.88. The van der Waals surface area contributed by atoms with E-state index >= 15 is 0 Å². The second-order valence-electron chi connectivity index (χ2n) is 3.89. The molecule has 0 amide bonds. The van der Waals surface area contributed by atoms with Gasteiger partial charge in [-0.05, 0) is 0 Å². The summed E-state index contributed by atoms with van der Waals surface area (Å²) in [6, 6.07) is 0.123. The van der Waals surface area contributed by atoms with Crippen LogP contribution in [-0.2, 0) is 17.1 Å². The highest BCUT2D eigenvalue weighted by Gasteiger charge is 2.20. The van der Waals surface area contributed by atoms with Gasteiger partial charge in [0.1, 0.15) is 6.54 Å². The van der Waals surface area contributed by atoms with Crippen LogP contribution in [0.25, 0.3) is 0 Å². The molecule has 0 saturated heterocycles. The standard InChI is InChI=1S/C11H7F4N3O2S/c12-6-1-7(13)10(15)11(9(6)14)21-4-5-2-18(17-16-5)3-8(19)20/h1-2H,3-4H2,(H,19,20). The molecule has 5 nitrogen and oxygen atoms in total. The number of rotatable bonds is 5. The van der Waals surface area contributed by atoms with Gasteiger partial charge >= 0.3 is 5.97 Å². The largest absolute Gasteiger partial charge is 0.480 e. The molecule has 0 saturated carbocycles. The summed E-state index contributed by atoms with van der Waals surface area (Å²) in [6.45, 7) is -0.422. The van der Waals surface area contributed by atoms with Crippen LogP contribution in [-0.4, -0.2) is 26.1 Å². The van der Waals surface area contributed by atoms with Crippen LogP contribution in [0.4, 0.5) is 17.6 Å². The van der Waals surface area contributed by atoms with Crippen molar-refractivity contribution < 1.29 is 27.5 Å². The van der Waals surface area contributed by atoms with Gasteiger partial charge in [-0.15, -0.1) is 16.9 Å². The Morgan fingerprint density at radius 2 is 1.86 bits per heavy atom. The minimum Gasteiger partial charge on any atom is -0.480 e. The molecule has 10 heteroatoms. The Hall–Kier alpha value is -2.10. The first-order valence-electron chi connectivity index (χ1n) is 5.45. The zero-order chi connectivity index (χ0) is 15.6. The molecule has 21 heavy (non-hydrogen) atoms. The summed E-state index contributed by atoms with van der Waals surface area (Å²) in [6.07, 6.45) is 1.26. The Morgan fingerprint density at radius 3 is 2.43 bits per heavy atom. The third-order valence-electron chi connectivity index (χ3n) is 2.32. The second-order valence-corrected chi connectivity index (χ2v) is 4.87. The van der Waals surface area contributed by atoms with E-state index in [0.29, 0.717) is 11.8 Å². The Morgan fingerprint density at radius 1 is 1.24 bits per heavy atom. The van der Waals surface area contributed by atoms with Crippen LogP contribution in [0.15, 0.2) is 17.2 Å². The lowest BCUT2D eigenvalue weighted by molar-refractivity contribution is -0.137. The highest BCUT2D eigenvalue weighted by atomic mass is 32.2. The lowest BCUT2D eigenvalue weighted by Crippen LogP contribution is -2.08. The van der Waals surface area contributed by atoms with E-state index in [2.05, 4.69) is 10.3 Å². The smallest absolute Gasteiger partial charge is 0.325 e. The molecule has 0 aliphatic heterocycles. The monoisotopic (exact) mass is 321 g/mol. The summed E-state index contributed by atoms with van der Waals surface area (Å²) in [7, 11) is 0. The Kier molecular flexibility index (Phi) is 4.46. The van der Waals surface area contributed by atoms with Gasteiger partial charge in [0, 0.05) is 18.0 Å². The number of carbonyl (C=O) groups is 1. The molecule has 1 heterocycles. The number of hydrogen-bond acceptors (Lipinski definition) is 4. The quantitative estimate of drug-likeness (QED) is 0.519. The summed E-state index contributed by atoms with van der Waals surface area (Å²) < 4.78 is 53.8. The van der Waals surface area contributed by atoms with E-state index in [0.717, 1.165) is 4.68 Å². The Bertz CT molecular complexity index is 666. The molecular formula is C11H7F4N3O2S. The van der Waals surface area contributed by atoms with Gasteiger partial charge in [0.15, 0.2) is 23.3 Å². The van der Waals surface area contributed by atoms with E-state index in [-0.39, 0.29) is 17.5 Å². The van der Waals surface area contributed by atoms with E-state index in [1.54, 1.807) is 0 Å². The van der Waals surface area contributed by atoms with Gasteiger partial charge in [-0.3, -0.25) is 4.79 Å². The van der Waals surface area contributed by atoms with Crippen LogP contribution in [0.1, 0.15) is 5.69 Å². The molecule has 0 aliphatic rings. The average molecular weight is 321 g/mol. The van der Waals surface area contributed by atoms with Crippen molar-refractivity contribution in [1.29, 1.82) is 0 Å². The molecule has 0 atom stereocenters. The van der Waals surface area contributed by atoms with Crippen molar-refractivity contribution in [1.82, 2.24) is 15.0 Å². The summed E-state index contributed by atoms with van der Waals surface area (Å²) in [5.74, 6) is -7.23. The zero-order valence-electron chi connectivity index (χ0n) is 10.2. The molecule has 0 spiro atoms. The van der Waals surface area contributed by atoms with Gasteiger partial charge in [-0.2, -0.15) is 0 Å². The van der Waals surface area contributed by atoms with Gasteiger partial charge < -0.3 is 5.11 Å². The van der Waals surface area contributed by atoms with Crippen LogP contribution < -0.4 is 0 Å². The first kappa shape index (κ1) is 15.3. The number of aliphatic carboxylic acids is 1. The highest BCUT2D eigenvalue weighted by Crippen LogP contribution is 2.30. The SMILES string of the molecule is O=C(O)Cn1cc(CSc2c(F)c(F)cc(F)c2F)nn1. The van der Waals surface area contributed by atoms with Crippen molar-refractivity contribution in [3.8, 4) is 0 Å². The van der Waals surface area contributed by atoms with Gasteiger partial charge in [0.25, 0.3) is 0 Å². The molecule has 0 aliphatic carbocycles. The molecular weight excluding hydrogens is 314 g/mol. The van der Waals surface area contributed by atoms with Crippen molar-refractivity contribution in [2.75, 3.05) is 0 Å². The van der Waals surface area contributed by atoms with Crippen LogP contribution in [0.2, 0.25) is 0 Å². The van der Waals surface area contributed by atoms with Crippen LogP contribution in [0.3, 0.4) is 0 Å². The lowest BCUT2D eigenvalue weighted by atomic mass is 10.3. The van der Waals surface area contributed by atoms with Crippen LogP contribution in [0.5, 0.6) is 0 Å². The van der Waals surface area contributed by atoms with E-state index in [4.69, 9.17) is 5.11 Å². The molecule has 0 fully saturated rings. The number of hydrogen-bond donors (Lipinski definition) is 1. The van der Waals surface area contributed by atoms with E-state index in [1.165, 1.54) is 6.20 Å². The number of nitrogens with zero attached hydrogens (tertiary/aromatic N) is 3. The first-order valence-corrected chi connectivity index (χ1v) is 6.43. The molecule has 1 aromatic heterocycles. The molecule has 0 radical (unpaired) electrons. The molecule has 1 N–H and O–H groups in total. The maximum atomic E-state index is 13.4. The topological polar surface area (TPSA) is 68.0 Å². The maximum absolute atomic E-state index is 13.4. The fourth-order valence-corrected chi connectivity index (χ4v) is 2.32. The third-order valence-corrected chi connectivity index (χ3v) is 3.41. The normalized spacial score (nSPS) is 10.9. The summed E-state index contributed by atoms with van der Waals surface area (Å²) in [5.41, 5.74) is 0.213. The predicted molar refractivity (Wildman–Crippen MR) is 63.5 cm³/mol. The fourth-order valence-electron chi connectivity index (χ4n) is 1.44. The summed E-state index contributed by atoms with van der Waals surface area (Å²) >= 11 is 0.494. The molecule has 1 aromatic carbocycles. The van der Waals surface area contributed by atoms with Crippen LogP contribution >= 0.6 is 11.8 Å². The number of halogens is 4. The fraction of sp³-hybridized carbons (Fsp3) is 0.182. The summed E-state index contributed by atoms with van der Waals surface area (Å²) in [5, 5.41) is 15.6. The van der Waals surface area contributed by atoms with E-state index in [9.17, 15) is 22.4 Å². The average Bonchev–Trinajstić information content (AvgIpc) is 2.83. The highest BCUT2D eigenvalue weighted by molar-refractivity contribution is 7.98. The minimum atomic E-state index is -1.49.